The minimum atomic E-state index is -0.812. The number of esters is 1. The molecule has 0 radical (unpaired) electrons. The molecule has 0 aliphatic heterocycles. The van der Waals surface area contributed by atoms with E-state index in [-0.39, 0.29) is 5.78 Å². The fourth-order valence-electron chi connectivity index (χ4n) is 2.66. The molecule has 3 nitrogen and oxygen atoms in total. The van der Waals surface area contributed by atoms with Crippen LogP contribution in [0.2, 0.25) is 4.34 Å². The number of fused-ring (bicyclic) bond motifs is 1. The van der Waals surface area contributed by atoms with Crippen molar-refractivity contribution >= 4 is 34.7 Å². The molecule has 0 spiro atoms. The van der Waals surface area contributed by atoms with Gasteiger partial charge in [-0.1, -0.05) is 23.7 Å². The Morgan fingerprint density at radius 2 is 1.95 bits per heavy atom. The Morgan fingerprint density at radius 3 is 2.68 bits per heavy atom. The number of halogens is 1. The van der Waals surface area contributed by atoms with Crippen LogP contribution in [-0.2, 0) is 17.6 Å². The molecule has 0 bridgehead atoms. The molecular weight excluding hydrogens is 320 g/mol. The monoisotopic (exact) mass is 334 g/mol. The van der Waals surface area contributed by atoms with Crippen molar-refractivity contribution in [1.29, 1.82) is 0 Å². The highest BCUT2D eigenvalue weighted by Gasteiger charge is 2.22. The Hall–Kier alpha value is -1.65. The number of carbonyl (C=O) groups is 2. The van der Waals surface area contributed by atoms with Crippen LogP contribution >= 0.6 is 22.9 Å². The topological polar surface area (TPSA) is 43.4 Å². The van der Waals surface area contributed by atoms with E-state index in [2.05, 4.69) is 0 Å². The van der Waals surface area contributed by atoms with Crippen molar-refractivity contribution in [2.45, 2.75) is 32.3 Å². The van der Waals surface area contributed by atoms with Gasteiger partial charge in [0.15, 0.2) is 6.10 Å². The van der Waals surface area contributed by atoms with E-state index in [9.17, 15) is 9.59 Å². The van der Waals surface area contributed by atoms with E-state index in [1.165, 1.54) is 11.1 Å². The van der Waals surface area contributed by atoms with Crippen molar-refractivity contribution in [2.75, 3.05) is 0 Å². The van der Waals surface area contributed by atoms with Gasteiger partial charge in [0.25, 0.3) is 0 Å². The molecule has 0 fully saturated rings. The van der Waals surface area contributed by atoms with Crippen LogP contribution in [0.3, 0.4) is 0 Å². The van der Waals surface area contributed by atoms with Gasteiger partial charge >= 0.3 is 5.97 Å². The fraction of sp³-hybridized carbons (Fsp3) is 0.294. The van der Waals surface area contributed by atoms with Gasteiger partial charge in [0, 0.05) is 5.56 Å². The normalized spacial score (nSPS) is 14.5. The summed E-state index contributed by atoms with van der Waals surface area (Å²) < 4.78 is 5.77. The quantitative estimate of drug-likeness (QED) is 0.618. The van der Waals surface area contributed by atoms with Crippen LogP contribution in [0.4, 0.5) is 0 Å². The molecule has 5 heteroatoms. The summed E-state index contributed by atoms with van der Waals surface area (Å²) in [5.41, 5.74) is 3.15. The maximum absolute atomic E-state index is 12.4. The van der Waals surface area contributed by atoms with E-state index in [1.54, 1.807) is 19.1 Å². The molecule has 1 atom stereocenters. The molecule has 1 heterocycles. The van der Waals surface area contributed by atoms with Crippen molar-refractivity contribution in [3.8, 4) is 0 Å². The van der Waals surface area contributed by atoms with E-state index in [0.29, 0.717) is 14.8 Å². The van der Waals surface area contributed by atoms with Crippen molar-refractivity contribution in [3.63, 3.8) is 0 Å². The molecule has 0 saturated heterocycles. The van der Waals surface area contributed by atoms with E-state index >= 15 is 0 Å². The zero-order valence-electron chi connectivity index (χ0n) is 12.1. The van der Waals surface area contributed by atoms with Crippen LogP contribution < -0.4 is 0 Å². The lowest BCUT2D eigenvalue weighted by molar-refractivity contribution is 0.0323. The summed E-state index contributed by atoms with van der Waals surface area (Å²) in [7, 11) is 0. The van der Waals surface area contributed by atoms with E-state index < -0.39 is 12.1 Å². The summed E-state index contributed by atoms with van der Waals surface area (Å²) >= 11 is 6.94. The first kappa shape index (κ1) is 15.3. The summed E-state index contributed by atoms with van der Waals surface area (Å²) in [6, 6.07) is 8.98. The Morgan fingerprint density at radius 1 is 1.18 bits per heavy atom. The lowest BCUT2D eigenvalue weighted by Gasteiger charge is -2.12. The zero-order valence-corrected chi connectivity index (χ0v) is 13.7. The molecular formula is C17H15ClO3S. The second kappa shape index (κ2) is 6.23. The average Bonchev–Trinajstić information content (AvgIpc) is 3.13. The Bertz CT molecular complexity index is 735. The standard InChI is InChI=1S/C17H15ClO3S/c1-10(21-17(20)14-7-8-15(18)22-14)16(19)13-6-5-11-3-2-4-12(11)9-13/h5-10H,2-4H2,1H3/t10-/m0/s1. The number of ether oxygens (including phenoxy) is 1. The Labute approximate surface area is 137 Å². The number of benzene rings is 1. The summed E-state index contributed by atoms with van der Waals surface area (Å²) in [5.74, 6) is -0.690. The fourth-order valence-corrected chi connectivity index (χ4v) is 3.58. The van der Waals surface area contributed by atoms with Gasteiger partial charge in [0.2, 0.25) is 5.78 Å². The Balaban J connectivity index is 1.70. The van der Waals surface area contributed by atoms with Gasteiger partial charge in [-0.3, -0.25) is 4.79 Å². The van der Waals surface area contributed by atoms with Gasteiger partial charge in [-0.2, -0.15) is 0 Å². The van der Waals surface area contributed by atoms with Gasteiger partial charge in [0.1, 0.15) is 4.88 Å². The van der Waals surface area contributed by atoms with Crippen LogP contribution in [0.25, 0.3) is 0 Å². The molecule has 1 aliphatic rings. The number of hydrogen-bond acceptors (Lipinski definition) is 4. The molecule has 0 unspecified atom stereocenters. The third kappa shape index (κ3) is 3.08. The van der Waals surface area contributed by atoms with Gasteiger partial charge in [-0.15, -0.1) is 11.3 Å². The molecule has 0 saturated carbocycles. The Kier molecular flexibility index (Phi) is 4.32. The lowest BCUT2D eigenvalue weighted by atomic mass is 10.0. The molecule has 1 aromatic heterocycles. The zero-order chi connectivity index (χ0) is 15.7. The van der Waals surface area contributed by atoms with E-state index in [0.717, 1.165) is 30.6 Å². The minimum Gasteiger partial charge on any atom is -0.450 e. The summed E-state index contributed by atoms with van der Waals surface area (Å²) in [5, 5.41) is 0. The van der Waals surface area contributed by atoms with Crippen LogP contribution in [0, 0.1) is 0 Å². The average molecular weight is 335 g/mol. The number of rotatable bonds is 4. The van der Waals surface area contributed by atoms with Crippen molar-refractivity contribution < 1.29 is 14.3 Å². The maximum Gasteiger partial charge on any atom is 0.349 e. The number of hydrogen-bond donors (Lipinski definition) is 0. The summed E-state index contributed by atoms with van der Waals surface area (Å²) in [6.45, 7) is 1.60. The van der Waals surface area contributed by atoms with Gasteiger partial charge in [-0.05, 0) is 55.5 Å². The summed E-state index contributed by atoms with van der Waals surface area (Å²) in [4.78, 5) is 24.8. The first-order chi connectivity index (χ1) is 10.5. The predicted octanol–water partition coefficient (Wildman–Crippen LogP) is 4.32. The first-order valence-electron chi connectivity index (χ1n) is 7.17. The second-order valence-corrected chi connectivity index (χ2v) is 7.07. The number of carbonyl (C=O) groups excluding carboxylic acids is 2. The molecule has 3 rings (SSSR count). The molecule has 0 N–H and O–H groups in total. The minimum absolute atomic E-state index is 0.175. The van der Waals surface area contributed by atoms with Gasteiger partial charge < -0.3 is 4.74 Å². The van der Waals surface area contributed by atoms with E-state index in [4.69, 9.17) is 16.3 Å². The first-order valence-corrected chi connectivity index (χ1v) is 8.36. The highest BCUT2D eigenvalue weighted by Crippen LogP contribution is 2.25. The largest absolute Gasteiger partial charge is 0.450 e. The van der Waals surface area contributed by atoms with Gasteiger partial charge in [-0.25, -0.2) is 4.79 Å². The van der Waals surface area contributed by atoms with Crippen LogP contribution in [-0.4, -0.2) is 17.9 Å². The second-order valence-electron chi connectivity index (χ2n) is 5.35. The molecule has 114 valence electrons. The van der Waals surface area contributed by atoms with Crippen LogP contribution in [0.5, 0.6) is 0 Å². The third-order valence-electron chi connectivity index (χ3n) is 3.81. The van der Waals surface area contributed by atoms with E-state index in [1.807, 2.05) is 18.2 Å². The SMILES string of the molecule is C[C@H](OC(=O)c1ccc(Cl)s1)C(=O)c1ccc2c(c1)CCC2. The molecule has 2 aromatic rings. The summed E-state index contributed by atoms with van der Waals surface area (Å²) in [6.07, 6.45) is 2.41. The third-order valence-corrected chi connectivity index (χ3v) is 5.02. The van der Waals surface area contributed by atoms with Crippen molar-refractivity contribution in [2.24, 2.45) is 0 Å². The van der Waals surface area contributed by atoms with Crippen molar-refractivity contribution in [1.82, 2.24) is 0 Å². The number of aryl methyl sites for hydroxylation is 2. The smallest absolute Gasteiger partial charge is 0.349 e. The molecule has 22 heavy (non-hydrogen) atoms. The molecule has 1 aromatic carbocycles. The highest BCUT2D eigenvalue weighted by atomic mass is 35.5. The lowest BCUT2D eigenvalue weighted by Crippen LogP contribution is -2.24. The highest BCUT2D eigenvalue weighted by molar-refractivity contribution is 7.17. The molecule has 0 amide bonds. The van der Waals surface area contributed by atoms with Crippen LogP contribution in [0.15, 0.2) is 30.3 Å². The number of ketones is 1. The molecule has 1 aliphatic carbocycles. The van der Waals surface area contributed by atoms with Gasteiger partial charge in [0.05, 0.1) is 4.34 Å². The predicted molar refractivity (Wildman–Crippen MR) is 87.0 cm³/mol. The van der Waals surface area contributed by atoms with Crippen LogP contribution in [0.1, 0.15) is 44.5 Å². The maximum atomic E-state index is 12.4. The number of thiophene rings is 1. The number of Topliss-reactive ketones (excluding diaryl/α,β-unsaturated/α-hetero) is 1. The van der Waals surface area contributed by atoms with Crippen molar-refractivity contribution in [3.05, 3.63) is 56.2 Å².